The largest absolute Gasteiger partial charge is 0.484 e. The summed E-state index contributed by atoms with van der Waals surface area (Å²) in [7, 11) is 0. The Morgan fingerprint density at radius 2 is 2.08 bits per heavy atom. The highest BCUT2D eigenvalue weighted by Crippen LogP contribution is 2.28. The van der Waals surface area contributed by atoms with Gasteiger partial charge in [-0.25, -0.2) is 4.98 Å². The highest BCUT2D eigenvalue weighted by Gasteiger charge is 2.23. The van der Waals surface area contributed by atoms with Crippen molar-refractivity contribution in [2.24, 2.45) is 0 Å². The van der Waals surface area contributed by atoms with Crippen LogP contribution in [0.4, 0.5) is 0 Å². The van der Waals surface area contributed by atoms with Crippen molar-refractivity contribution in [3.05, 3.63) is 45.4 Å². The molecule has 2 aliphatic rings. The van der Waals surface area contributed by atoms with E-state index in [2.05, 4.69) is 4.90 Å². The van der Waals surface area contributed by atoms with E-state index in [-0.39, 0.29) is 12.5 Å². The fourth-order valence-electron chi connectivity index (χ4n) is 3.60. The van der Waals surface area contributed by atoms with Gasteiger partial charge < -0.3 is 9.64 Å². The Morgan fingerprint density at radius 3 is 2.85 bits per heavy atom. The van der Waals surface area contributed by atoms with Crippen LogP contribution in [0.3, 0.4) is 0 Å². The number of hydrogen-bond acceptors (Lipinski definition) is 5. The van der Waals surface area contributed by atoms with E-state index in [1.54, 1.807) is 0 Å². The second kappa shape index (κ2) is 7.76. The average Bonchev–Trinajstić information content (AvgIpc) is 3.22. The van der Waals surface area contributed by atoms with Crippen molar-refractivity contribution in [1.82, 2.24) is 14.8 Å². The van der Waals surface area contributed by atoms with E-state index in [1.807, 2.05) is 47.4 Å². The zero-order valence-corrected chi connectivity index (χ0v) is 16.1. The van der Waals surface area contributed by atoms with Crippen molar-refractivity contribution in [3.8, 4) is 5.75 Å². The van der Waals surface area contributed by atoms with Crippen molar-refractivity contribution in [2.45, 2.75) is 32.7 Å². The van der Waals surface area contributed by atoms with Gasteiger partial charge in [0.1, 0.15) is 10.8 Å². The first-order valence-electron chi connectivity index (χ1n) is 9.34. The Hall–Kier alpha value is -1.92. The summed E-state index contributed by atoms with van der Waals surface area (Å²) in [5.41, 5.74) is 2.46. The molecule has 2 heterocycles. The van der Waals surface area contributed by atoms with Crippen molar-refractivity contribution in [3.63, 3.8) is 0 Å². The molecule has 1 aliphatic carbocycles. The molecule has 1 amide bonds. The molecular weight excluding hydrogens is 346 g/mol. The van der Waals surface area contributed by atoms with E-state index in [1.165, 1.54) is 28.4 Å². The smallest absolute Gasteiger partial charge is 0.260 e. The number of benzene rings is 1. The molecule has 5 nitrogen and oxygen atoms in total. The molecule has 1 aliphatic heterocycles. The molecule has 1 aromatic carbocycles. The lowest BCUT2D eigenvalue weighted by Crippen LogP contribution is -2.49. The van der Waals surface area contributed by atoms with Crippen LogP contribution in [0.25, 0.3) is 0 Å². The number of rotatable bonds is 5. The summed E-state index contributed by atoms with van der Waals surface area (Å²) in [6.45, 7) is 6.39. The summed E-state index contributed by atoms with van der Waals surface area (Å²) in [6, 6.07) is 7.81. The Labute approximate surface area is 158 Å². The van der Waals surface area contributed by atoms with Gasteiger partial charge in [0.2, 0.25) is 0 Å². The van der Waals surface area contributed by atoms with Crippen molar-refractivity contribution in [1.29, 1.82) is 0 Å². The molecule has 0 atom stereocenters. The van der Waals surface area contributed by atoms with Crippen molar-refractivity contribution in [2.75, 3.05) is 32.8 Å². The number of hydrogen-bond donors (Lipinski definition) is 0. The van der Waals surface area contributed by atoms with Gasteiger partial charge in [0.25, 0.3) is 5.91 Å². The molecule has 0 unspecified atom stereocenters. The highest BCUT2D eigenvalue weighted by atomic mass is 32.1. The van der Waals surface area contributed by atoms with Gasteiger partial charge in [-0.05, 0) is 43.9 Å². The lowest BCUT2D eigenvalue weighted by molar-refractivity contribution is -0.135. The summed E-state index contributed by atoms with van der Waals surface area (Å²) >= 11 is 1.88. The quantitative estimate of drug-likeness (QED) is 0.811. The van der Waals surface area contributed by atoms with Crippen LogP contribution in [-0.2, 0) is 24.2 Å². The summed E-state index contributed by atoms with van der Waals surface area (Å²) in [5.74, 6) is 0.827. The molecule has 1 fully saturated rings. The molecule has 138 valence electrons. The molecule has 0 bridgehead atoms. The van der Waals surface area contributed by atoms with Gasteiger partial charge in [0, 0.05) is 31.1 Å². The number of amides is 1. The van der Waals surface area contributed by atoms with Gasteiger partial charge in [0.05, 0.1) is 12.2 Å². The van der Waals surface area contributed by atoms with Crippen LogP contribution < -0.4 is 4.74 Å². The fourth-order valence-corrected chi connectivity index (χ4v) is 4.80. The Kier molecular flexibility index (Phi) is 5.22. The molecule has 6 heteroatoms. The van der Waals surface area contributed by atoms with Gasteiger partial charge >= 0.3 is 0 Å². The standard InChI is InChI=1S/C20H25N3O2S/c1-15-4-2-5-16(12-15)25-14-20(24)23-10-8-22(9-11-23)13-19-21-17-6-3-7-18(17)26-19/h2,4-5,12H,3,6-11,13-14H2,1H3. The molecule has 0 N–H and O–H groups in total. The molecule has 0 saturated carbocycles. The highest BCUT2D eigenvalue weighted by molar-refractivity contribution is 7.11. The van der Waals surface area contributed by atoms with Crippen LogP contribution in [0.2, 0.25) is 0 Å². The first kappa shape index (κ1) is 17.5. The van der Waals surface area contributed by atoms with Crippen molar-refractivity contribution >= 4 is 17.2 Å². The maximum atomic E-state index is 12.4. The van der Waals surface area contributed by atoms with Gasteiger partial charge in [-0.15, -0.1) is 11.3 Å². The van der Waals surface area contributed by atoms with E-state index >= 15 is 0 Å². The van der Waals surface area contributed by atoms with Crippen LogP contribution in [0.15, 0.2) is 24.3 Å². The summed E-state index contributed by atoms with van der Waals surface area (Å²) in [5, 5.41) is 1.23. The first-order chi connectivity index (χ1) is 12.7. The molecule has 1 saturated heterocycles. The predicted octanol–water partition coefficient (Wildman–Crippen LogP) is 2.66. The number of nitrogens with zero attached hydrogens (tertiary/aromatic N) is 3. The van der Waals surface area contributed by atoms with Crippen LogP contribution in [0, 0.1) is 6.92 Å². The average molecular weight is 372 g/mol. The molecule has 2 aromatic rings. The monoisotopic (exact) mass is 371 g/mol. The van der Waals surface area contributed by atoms with E-state index in [0.29, 0.717) is 0 Å². The Morgan fingerprint density at radius 1 is 1.23 bits per heavy atom. The SMILES string of the molecule is Cc1cccc(OCC(=O)N2CCN(Cc3nc4c(s3)CCC4)CC2)c1. The number of ether oxygens (including phenoxy) is 1. The van der Waals surface area contributed by atoms with Crippen molar-refractivity contribution < 1.29 is 9.53 Å². The number of aryl methyl sites for hydroxylation is 3. The topological polar surface area (TPSA) is 45.7 Å². The van der Waals surface area contributed by atoms with Crippen LogP contribution in [-0.4, -0.2) is 53.5 Å². The number of carbonyl (C=O) groups excluding carboxylic acids is 1. The lowest BCUT2D eigenvalue weighted by Gasteiger charge is -2.34. The zero-order chi connectivity index (χ0) is 17.9. The molecule has 4 rings (SSSR count). The molecule has 1 aromatic heterocycles. The normalized spacial score (nSPS) is 17.3. The maximum absolute atomic E-state index is 12.4. The third-order valence-electron chi connectivity index (χ3n) is 5.08. The van der Waals surface area contributed by atoms with Crippen LogP contribution >= 0.6 is 11.3 Å². The molecule has 26 heavy (non-hydrogen) atoms. The fraction of sp³-hybridized carbons (Fsp3) is 0.500. The minimum absolute atomic E-state index is 0.0689. The van der Waals surface area contributed by atoms with Crippen LogP contribution in [0.5, 0.6) is 5.75 Å². The zero-order valence-electron chi connectivity index (χ0n) is 15.2. The Balaban J connectivity index is 1.23. The minimum atomic E-state index is 0.0689. The second-order valence-electron chi connectivity index (χ2n) is 7.09. The van der Waals surface area contributed by atoms with Gasteiger partial charge in [-0.3, -0.25) is 9.69 Å². The van der Waals surface area contributed by atoms with E-state index in [4.69, 9.17) is 9.72 Å². The molecule has 0 spiro atoms. The lowest BCUT2D eigenvalue weighted by atomic mass is 10.2. The number of aromatic nitrogens is 1. The van der Waals surface area contributed by atoms with E-state index in [9.17, 15) is 4.79 Å². The van der Waals surface area contributed by atoms with Gasteiger partial charge in [-0.1, -0.05) is 12.1 Å². The summed E-state index contributed by atoms with van der Waals surface area (Å²) < 4.78 is 5.65. The molecule has 0 radical (unpaired) electrons. The third-order valence-corrected chi connectivity index (χ3v) is 6.22. The summed E-state index contributed by atoms with van der Waals surface area (Å²) in [6.07, 6.45) is 3.62. The first-order valence-corrected chi connectivity index (χ1v) is 10.2. The maximum Gasteiger partial charge on any atom is 0.260 e. The van der Waals surface area contributed by atoms with Gasteiger partial charge in [-0.2, -0.15) is 0 Å². The molecular formula is C20H25N3O2S. The summed E-state index contributed by atoms with van der Waals surface area (Å²) in [4.78, 5) is 23.0. The van der Waals surface area contributed by atoms with E-state index < -0.39 is 0 Å². The Bertz CT molecular complexity index is 760. The number of piperazine rings is 1. The minimum Gasteiger partial charge on any atom is -0.484 e. The third kappa shape index (κ3) is 4.07. The predicted molar refractivity (Wildman–Crippen MR) is 103 cm³/mol. The van der Waals surface area contributed by atoms with Gasteiger partial charge in [0.15, 0.2) is 6.61 Å². The van der Waals surface area contributed by atoms with Crippen LogP contribution in [0.1, 0.15) is 27.6 Å². The number of carbonyl (C=O) groups is 1. The number of fused-ring (bicyclic) bond motifs is 1. The second-order valence-corrected chi connectivity index (χ2v) is 8.26. The van der Waals surface area contributed by atoms with E-state index in [0.717, 1.165) is 50.5 Å². The number of thiazole rings is 1.